The van der Waals surface area contributed by atoms with Gasteiger partial charge in [-0.05, 0) is 17.7 Å². The van der Waals surface area contributed by atoms with Crippen LogP contribution in [-0.2, 0) is 10.2 Å². The van der Waals surface area contributed by atoms with Gasteiger partial charge in [-0.15, -0.1) is 16.9 Å². The van der Waals surface area contributed by atoms with E-state index < -0.39 is 0 Å². The Hall–Kier alpha value is -2.25. The van der Waals surface area contributed by atoms with Crippen molar-refractivity contribution in [3.8, 4) is 0 Å². The third-order valence-corrected chi connectivity index (χ3v) is 6.76. The maximum atomic E-state index is 13.4. The van der Waals surface area contributed by atoms with Gasteiger partial charge in [-0.25, -0.2) is 4.98 Å². The lowest BCUT2D eigenvalue weighted by molar-refractivity contribution is -0.116. The first-order valence-electron chi connectivity index (χ1n) is 9.58. The molecule has 1 aliphatic rings. The standard InChI is InChI=1S/C22H24N4OS2/c1-22(2,3)20-23-21(25-24-20)29-14-19(27)26-16-11-7-8-12-18(16)28-13-17(26)15-9-5-4-6-10-15/h4-12,17H,13-14H2,1-3H3,(H,23,24,25). The summed E-state index contributed by atoms with van der Waals surface area (Å²) in [6.07, 6.45) is 0. The average molecular weight is 425 g/mol. The summed E-state index contributed by atoms with van der Waals surface area (Å²) in [5, 5.41) is 7.87. The minimum atomic E-state index is -0.0999. The number of carbonyl (C=O) groups is 1. The van der Waals surface area contributed by atoms with E-state index in [9.17, 15) is 4.79 Å². The number of aromatic nitrogens is 3. The SMILES string of the molecule is CC(C)(C)c1nc(SCC(=O)N2c3ccccc3SCC2c2ccccc2)n[nH]1. The molecule has 0 fully saturated rings. The number of benzene rings is 2. The van der Waals surface area contributed by atoms with Crippen molar-refractivity contribution in [2.24, 2.45) is 0 Å². The van der Waals surface area contributed by atoms with Crippen molar-refractivity contribution in [3.63, 3.8) is 0 Å². The van der Waals surface area contributed by atoms with Crippen LogP contribution in [0.15, 0.2) is 64.6 Å². The molecule has 0 radical (unpaired) electrons. The fraction of sp³-hybridized carbons (Fsp3) is 0.318. The molecule has 3 aromatic rings. The van der Waals surface area contributed by atoms with E-state index in [2.05, 4.69) is 54.2 Å². The van der Waals surface area contributed by atoms with E-state index in [1.807, 2.05) is 41.3 Å². The second-order valence-electron chi connectivity index (χ2n) is 7.97. The van der Waals surface area contributed by atoms with Gasteiger partial charge in [-0.3, -0.25) is 9.89 Å². The number of carbonyl (C=O) groups excluding carboxylic acids is 1. The molecule has 5 nitrogen and oxygen atoms in total. The summed E-state index contributed by atoms with van der Waals surface area (Å²) in [5.74, 6) is 2.03. The van der Waals surface area contributed by atoms with Gasteiger partial charge < -0.3 is 4.90 Å². The number of nitrogens with one attached hydrogen (secondary N) is 1. The van der Waals surface area contributed by atoms with Crippen molar-refractivity contribution in [1.82, 2.24) is 15.2 Å². The Morgan fingerprint density at radius 3 is 2.62 bits per heavy atom. The summed E-state index contributed by atoms with van der Waals surface area (Å²) in [6.45, 7) is 6.25. The lowest BCUT2D eigenvalue weighted by atomic mass is 9.96. The predicted octanol–water partition coefficient (Wildman–Crippen LogP) is 5.07. The van der Waals surface area contributed by atoms with E-state index in [0.29, 0.717) is 10.9 Å². The number of hydrogen-bond acceptors (Lipinski definition) is 5. The van der Waals surface area contributed by atoms with Crippen LogP contribution in [0.1, 0.15) is 38.2 Å². The minimum Gasteiger partial charge on any atom is -0.302 e. The van der Waals surface area contributed by atoms with Crippen LogP contribution in [0.5, 0.6) is 0 Å². The van der Waals surface area contributed by atoms with Gasteiger partial charge in [0.2, 0.25) is 11.1 Å². The molecule has 150 valence electrons. The molecular formula is C22H24N4OS2. The van der Waals surface area contributed by atoms with Gasteiger partial charge in [0, 0.05) is 16.1 Å². The Kier molecular flexibility index (Phi) is 5.69. The number of rotatable bonds is 4. The highest BCUT2D eigenvalue weighted by molar-refractivity contribution is 8.00. The van der Waals surface area contributed by atoms with E-state index in [4.69, 9.17) is 0 Å². The van der Waals surface area contributed by atoms with E-state index >= 15 is 0 Å². The van der Waals surface area contributed by atoms with Crippen LogP contribution in [0.4, 0.5) is 5.69 Å². The summed E-state index contributed by atoms with van der Waals surface area (Å²) in [4.78, 5) is 21.0. The molecule has 0 aliphatic carbocycles. The zero-order valence-corrected chi connectivity index (χ0v) is 18.4. The highest BCUT2D eigenvalue weighted by atomic mass is 32.2. The molecule has 1 aromatic heterocycles. The van der Waals surface area contributed by atoms with Crippen LogP contribution >= 0.6 is 23.5 Å². The molecule has 1 aliphatic heterocycles. The van der Waals surface area contributed by atoms with Gasteiger partial charge in [0.05, 0.1) is 17.5 Å². The Morgan fingerprint density at radius 1 is 1.17 bits per heavy atom. The summed E-state index contributed by atoms with van der Waals surface area (Å²) < 4.78 is 0. The van der Waals surface area contributed by atoms with Crippen LogP contribution < -0.4 is 4.90 Å². The fourth-order valence-electron chi connectivity index (χ4n) is 3.26. The molecule has 0 spiro atoms. The third-order valence-electron chi connectivity index (χ3n) is 4.79. The Morgan fingerprint density at radius 2 is 1.90 bits per heavy atom. The Bertz CT molecular complexity index is 997. The van der Waals surface area contributed by atoms with Crippen LogP contribution in [0.2, 0.25) is 0 Å². The van der Waals surface area contributed by atoms with E-state index in [-0.39, 0.29) is 17.4 Å². The smallest absolute Gasteiger partial charge is 0.238 e. The number of aromatic amines is 1. The molecule has 2 aromatic carbocycles. The Balaban J connectivity index is 1.57. The normalized spacial score (nSPS) is 16.5. The van der Waals surface area contributed by atoms with E-state index in [1.54, 1.807) is 11.8 Å². The van der Waals surface area contributed by atoms with Crippen LogP contribution in [-0.4, -0.2) is 32.6 Å². The van der Waals surface area contributed by atoms with Gasteiger partial charge in [0.15, 0.2) is 0 Å². The predicted molar refractivity (Wildman–Crippen MR) is 120 cm³/mol. The first-order chi connectivity index (χ1) is 13.9. The van der Waals surface area contributed by atoms with Crippen LogP contribution in [0.25, 0.3) is 0 Å². The fourth-order valence-corrected chi connectivity index (χ4v) is 5.09. The summed E-state index contributed by atoms with van der Waals surface area (Å²) in [5.41, 5.74) is 2.03. The van der Waals surface area contributed by atoms with Gasteiger partial charge in [-0.2, -0.15) is 0 Å². The molecule has 4 rings (SSSR count). The summed E-state index contributed by atoms with van der Waals surface area (Å²) in [7, 11) is 0. The van der Waals surface area contributed by atoms with E-state index in [0.717, 1.165) is 27.7 Å². The molecule has 29 heavy (non-hydrogen) atoms. The lowest BCUT2D eigenvalue weighted by Crippen LogP contribution is -2.39. The molecular weight excluding hydrogens is 400 g/mol. The van der Waals surface area contributed by atoms with Gasteiger partial charge >= 0.3 is 0 Å². The van der Waals surface area contributed by atoms with Crippen molar-refractivity contribution < 1.29 is 4.79 Å². The number of H-pyrrole nitrogens is 1. The topological polar surface area (TPSA) is 61.9 Å². The molecule has 0 bridgehead atoms. The number of anilines is 1. The molecule has 2 heterocycles. The second kappa shape index (κ2) is 8.24. The van der Waals surface area contributed by atoms with Crippen molar-refractivity contribution >= 4 is 35.1 Å². The Labute approximate surface area is 179 Å². The second-order valence-corrected chi connectivity index (χ2v) is 9.98. The number of hydrogen-bond donors (Lipinski definition) is 1. The summed E-state index contributed by atoms with van der Waals surface area (Å²) >= 11 is 3.18. The zero-order valence-electron chi connectivity index (χ0n) is 16.8. The van der Waals surface area contributed by atoms with Crippen LogP contribution in [0.3, 0.4) is 0 Å². The van der Waals surface area contributed by atoms with Crippen molar-refractivity contribution in [2.75, 3.05) is 16.4 Å². The number of nitrogens with zero attached hydrogens (tertiary/aromatic N) is 3. The highest BCUT2D eigenvalue weighted by Crippen LogP contribution is 2.43. The number of fused-ring (bicyclic) bond motifs is 1. The zero-order chi connectivity index (χ0) is 20.4. The van der Waals surface area contributed by atoms with Crippen molar-refractivity contribution in [1.29, 1.82) is 0 Å². The maximum Gasteiger partial charge on any atom is 0.238 e. The lowest BCUT2D eigenvalue weighted by Gasteiger charge is -2.37. The molecule has 1 N–H and O–H groups in total. The van der Waals surface area contributed by atoms with E-state index in [1.165, 1.54) is 11.8 Å². The average Bonchev–Trinajstić information content (AvgIpc) is 3.21. The number of thioether (sulfide) groups is 2. The van der Waals surface area contributed by atoms with Gasteiger partial charge in [-0.1, -0.05) is 75.0 Å². The number of para-hydroxylation sites is 1. The molecule has 1 unspecified atom stereocenters. The van der Waals surface area contributed by atoms with Gasteiger partial charge in [0.1, 0.15) is 5.82 Å². The minimum absolute atomic E-state index is 0.0153. The molecule has 0 saturated carbocycles. The highest BCUT2D eigenvalue weighted by Gasteiger charge is 2.32. The monoisotopic (exact) mass is 424 g/mol. The molecule has 7 heteroatoms. The van der Waals surface area contributed by atoms with Gasteiger partial charge in [0.25, 0.3) is 0 Å². The number of amides is 1. The molecule has 0 saturated heterocycles. The van der Waals surface area contributed by atoms with Crippen molar-refractivity contribution in [3.05, 3.63) is 66.0 Å². The molecule has 1 atom stereocenters. The largest absolute Gasteiger partial charge is 0.302 e. The quantitative estimate of drug-likeness (QED) is 0.592. The summed E-state index contributed by atoms with van der Waals surface area (Å²) in [6, 6.07) is 18.4. The molecule has 1 amide bonds. The third kappa shape index (κ3) is 4.36. The van der Waals surface area contributed by atoms with Crippen molar-refractivity contribution in [2.45, 2.75) is 42.3 Å². The first kappa shape index (κ1) is 20.0. The van der Waals surface area contributed by atoms with Crippen LogP contribution in [0, 0.1) is 0 Å². The maximum absolute atomic E-state index is 13.4. The first-order valence-corrected chi connectivity index (χ1v) is 11.5.